The van der Waals surface area contributed by atoms with Gasteiger partial charge in [-0.15, -0.1) is 0 Å². The smallest absolute Gasteiger partial charge is 0.314 e. The lowest BCUT2D eigenvalue weighted by molar-refractivity contribution is 0.0774. The average molecular weight is 303 g/mol. The molecule has 0 atom stereocenters. The van der Waals surface area contributed by atoms with Gasteiger partial charge in [0.05, 0.1) is 6.10 Å². The van der Waals surface area contributed by atoms with Crippen molar-refractivity contribution in [2.24, 2.45) is 0 Å². The van der Waals surface area contributed by atoms with Crippen molar-refractivity contribution in [1.82, 2.24) is 15.6 Å². The number of carbonyl (C=O) groups excluding carboxylic acids is 1. The summed E-state index contributed by atoms with van der Waals surface area (Å²) in [5.41, 5.74) is 2.35. The van der Waals surface area contributed by atoms with Crippen molar-refractivity contribution in [2.45, 2.75) is 32.8 Å². The lowest BCUT2D eigenvalue weighted by Crippen LogP contribution is -2.37. The normalized spacial score (nSPS) is 11.0. The van der Waals surface area contributed by atoms with E-state index in [4.69, 9.17) is 4.74 Å². The summed E-state index contributed by atoms with van der Waals surface area (Å²) in [6.07, 6.45) is 3.89. The maximum Gasteiger partial charge on any atom is 0.314 e. The first-order chi connectivity index (χ1) is 10.7. The zero-order chi connectivity index (χ0) is 15.8. The van der Waals surface area contributed by atoms with Gasteiger partial charge in [-0.1, -0.05) is 18.2 Å². The van der Waals surface area contributed by atoms with Crippen molar-refractivity contribution in [2.75, 3.05) is 19.7 Å². The number of H-pyrrole nitrogens is 1. The quantitative estimate of drug-likeness (QED) is 0.657. The Kier molecular flexibility index (Phi) is 6.27. The summed E-state index contributed by atoms with van der Waals surface area (Å²) in [5, 5.41) is 6.93. The van der Waals surface area contributed by atoms with Gasteiger partial charge in [-0.3, -0.25) is 0 Å². The number of hydrogen-bond acceptors (Lipinski definition) is 2. The standard InChI is InChI=1S/C17H25N3O2/c1-13(2)22-11-5-9-18-17(21)19-10-8-14-12-20-16-7-4-3-6-15(14)16/h3-4,6-7,12-13,20H,5,8-11H2,1-2H3,(H2,18,19,21). The Balaban J connectivity index is 1.63. The van der Waals surface area contributed by atoms with E-state index in [0.29, 0.717) is 19.7 Å². The maximum absolute atomic E-state index is 11.7. The highest BCUT2D eigenvalue weighted by molar-refractivity contribution is 5.83. The highest BCUT2D eigenvalue weighted by atomic mass is 16.5. The predicted molar refractivity (Wildman–Crippen MR) is 89.1 cm³/mol. The van der Waals surface area contributed by atoms with Crippen LogP contribution in [0.3, 0.4) is 0 Å². The van der Waals surface area contributed by atoms with Gasteiger partial charge in [-0.25, -0.2) is 4.79 Å². The van der Waals surface area contributed by atoms with Crippen LogP contribution in [0.1, 0.15) is 25.8 Å². The molecule has 1 aromatic heterocycles. The molecule has 2 aromatic rings. The third kappa shape index (κ3) is 5.07. The summed E-state index contributed by atoms with van der Waals surface area (Å²) in [7, 11) is 0. The lowest BCUT2D eigenvalue weighted by atomic mass is 10.1. The number of para-hydroxylation sites is 1. The summed E-state index contributed by atoms with van der Waals surface area (Å²) < 4.78 is 5.42. The fraction of sp³-hybridized carbons (Fsp3) is 0.471. The van der Waals surface area contributed by atoms with E-state index in [1.807, 2.05) is 32.2 Å². The first kappa shape index (κ1) is 16.4. The monoisotopic (exact) mass is 303 g/mol. The summed E-state index contributed by atoms with van der Waals surface area (Å²) >= 11 is 0. The van der Waals surface area contributed by atoms with Crippen molar-refractivity contribution < 1.29 is 9.53 Å². The largest absolute Gasteiger partial charge is 0.379 e. The molecule has 0 radical (unpaired) electrons. The van der Waals surface area contributed by atoms with Crippen LogP contribution in [0.2, 0.25) is 0 Å². The van der Waals surface area contributed by atoms with Crippen LogP contribution in [-0.2, 0) is 11.2 Å². The molecule has 0 aliphatic carbocycles. The Bertz CT molecular complexity index is 592. The van der Waals surface area contributed by atoms with Crippen molar-refractivity contribution >= 4 is 16.9 Å². The van der Waals surface area contributed by atoms with Crippen LogP contribution in [-0.4, -0.2) is 36.8 Å². The molecule has 0 aliphatic rings. The van der Waals surface area contributed by atoms with Crippen molar-refractivity contribution in [1.29, 1.82) is 0 Å². The molecule has 22 heavy (non-hydrogen) atoms. The molecular formula is C17H25N3O2. The SMILES string of the molecule is CC(C)OCCCNC(=O)NCCc1c[nH]c2ccccc12. The summed E-state index contributed by atoms with van der Waals surface area (Å²) in [4.78, 5) is 14.9. The molecule has 1 aromatic carbocycles. The van der Waals surface area contributed by atoms with Crippen LogP contribution in [0, 0.1) is 0 Å². The number of carbonyl (C=O) groups is 1. The molecule has 0 bridgehead atoms. The summed E-state index contributed by atoms with van der Waals surface area (Å²) in [6, 6.07) is 8.06. The molecule has 0 spiro atoms. The highest BCUT2D eigenvalue weighted by Gasteiger charge is 2.04. The Morgan fingerprint density at radius 1 is 1.23 bits per heavy atom. The summed E-state index contributed by atoms with van der Waals surface area (Å²) in [6.45, 7) is 5.94. The minimum Gasteiger partial charge on any atom is -0.379 e. The topological polar surface area (TPSA) is 66.2 Å². The maximum atomic E-state index is 11.7. The van der Waals surface area contributed by atoms with Crippen molar-refractivity contribution in [3.8, 4) is 0 Å². The Hall–Kier alpha value is -2.01. The van der Waals surface area contributed by atoms with E-state index >= 15 is 0 Å². The Labute approximate surface area is 131 Å². The number of amides is 2. The van der Waals surface area contributed by atoms with E-state index in [1.54, 1.807) is 0 Å². The minimum atomic E-state index is -0.121. The Morgan fingerprint density at radius 3 is 2.82 bits per heavy atom. The second-order valence-corrected chi connectivity index (χ2v) is 5.57. The molecule has 0 aliphatic heterocycles. The van der Waals surface area contributed by atoms with Crippen LogP contribution < -0.4 is 10.6 Å². The Morgan fingerprint density at radius 2 is 2.00 bits per heavy atom. The van der Waals surface area contributed by atoms with Gasteiger partial charge in [0, 0.05) is 36.8 Å². The molecule has 2 rings (SSSR count). The van der Waals surface area contributed by atoms with Crippen LogP contribution in [0.15, 0.2) is 30.5 Å². The van der Waals surface area contributed by atoms with E-state index in [1.165, 1.54) is 10.9 Å². The van der Waals surface area contributed by atoms with Gasteiger partial charge >= 0.3 is 6.03 Å². The first-order valence-corrected chi connectivity index (χ1v) is 7.85. The van der Waals surface area contributed by atoms with Crippen LogP contribution in [0.5, 0.6) is 0 Å². The number of ether oxygens (including phenoxy) is 1. The number of urea groups is 1. The molecule has 0 fully saturated rings. The third-order valence-corrected chi connectivity index (χ3v) is 3.41. The van der Waals surface area contributed by atoms with E-state index in [9.17, 15) is 4.79 Å². The fourth-order valence-corrected chi connectivity index (χ4v) is 2.30. The number of aromatic amines is 1. The van der Waals surface area contributed by atoms with Gasteiger partial charge < -0.3 is 20.4 Å². The predicted octanol–water partition coefficient (Wildman–Crippen LogP) is 2.82. The second kappa shape index (κ2) is 8.44. The van der Waals surface area contributed by atoms with E-state index in [0.717, 1.165) is 18.4 Å². The number of nitrogens with one attached hydrogen (secondary N) is 3. The number of aromatic nitrogens is 1. The molecule has 2 amide bonds. The van der Waals surface area contributed by atoms with Gasteiger partial charge in [-0.05, 0) is 38.3 Å². The van der Waals surface area contributed by atoms with Crippen LogP contribution >= 0.6 is 0 Å². The zero-order valence-electron chi connectivity index (χ0n) is 13.3. The van der Waals surface area contributed by atoms with Gasteiger partial charge in [-0.2, -0.15) is 0 Å². The van der Waals surface area contributed by atoms with Crippen molar-refractivity contribution in [3.05, 3.63) is 36.0 Å². The average Bonchev–Trinajstić information content (AvgIpc) is 2.90. The second-order valence-electron chi connectivity index (χ2n) is 5.57. The molecular weight excluding hydrogens is 278 g/mol. The number of hydrogen-bond donors (Lipinski definition) is 3. The fourth-order valence-electron chi connectivity index (χ4n) is 2.30. The molecule has 0 unspecified atom stereocenters. The highest BCUT2D eigenvalue weighted by Crippen LogP contribution is 2.17. The summed E-state index contributed by atoms with van der Waals surface area (Å²) in [5.74, 6) is 0. The zero-order valence-corrected chi connectivity index (χ0v) is 13.3. The number of rotatable bonds is 8. The molecule has 0 saturated carbocycles. The van der Waals surface area contributed by atoms with Gasteiger partial charge in [0.2, 0.25) is 0 Å². The molecule has 3 N–H and O–H groups in total. The van der Waals surface area contributed by atoms with E-state index < -0.39 is 0 Å². The first-order valence-electron chi connectivity index (χ1n) is 7.85. The number of fused-ring (bicyclic) bond motifs is 1. The van der Waals surface area contributed by atoms with Gasteiger partial charge in [0.25, 0.3) is 0 Å². The van der Waals surface area contributed by atoms with Crippen LogP contribution in [0.4, 0.5) is 4.79 Å². The third-order valence-electron chi connectivity index (χ3n) is 3.41. The molecule has 0 saturated heterocycles. The van der Waals surface area contributed by atoms with Gasteiger partial charge in [0.1, 0.15) is 0 Å². The van der Waals surface area contributed by atoms with E-state index in [-0.39, 0.29) is 12.1 Å². The lowest BCUT2D eigenvalue weighted by Gasteiger charge is -2.09. The van der Waals surface area contributed by atoms with Crippen molar-refractivity contribution in [3.63, 3.8) is 0 Å². The number of benzene rings is 1. The molecule has 1 heterocycles. The molecule has 120 valence electrons. The van der Waals surface area contributed by atoms with E-state index in [2.05, 4.69) is 27.8 Å². The van der Waals surface area contributed by atoms with Crippen LogP contribution in [0.25, 0.3) is 10.9 Å². The minimum absolute atomic E-state index is 0.121. The molecule has 5 heteroatoms. The van der Waals surface area contributed by atoms with Gasteiger partial charge in [0.15, 0.2) is 0 Å². The molecule has 5 nitrogen and oxygen atoms in total.